The zero-order chi connectivity index (χ0) is 30.0. The first kappa shape index (κ1) is 27.1. The molecular weight excluding hydrogens is 569 g/mol. The molecule has 3 atom stereocenters. The van der Waals surface area contributed by atoms with Crippen LogP contribution >= 0.6 is 11.6 Å². The summed E-state index contributed by atoms with van der Waals surface area (Å²) >= 11 is 6.36. The minimum Gasteiger partial charge on any atom is -0.497 e. The van der Waals surface area contributed by atoms with Crippen LogP contribution in [0.4, 0.5) is 10.1 Å². The molecule has 0 bridgehead atoms. The number of carbonyl (C=O) groups is 3. The van der Waals surface area contributed by atoms with Crippen LogP contribution < -0.4 is 14.4 Å². The lowest BCUT2D eigenvalue weighted by atomic mass is 9.64. The van der Waals surface area contributed by atoms with Gasteiger partial charge in [-0.25, -0.2) is 4.39 Å². The molecule has 43 heavy (non-hydrogen) atoms. The average molecular weight is 594 g/mol. The second kappa shape index (κ2) is 9.92. The van der Waals surface area contributed by atoms with Crippen molar-refractivity contribution in [3.8, 4) is 11.5 Å². The molecule has 0 N–H and O–H groups in total. The molecule has 0 aromatic heterocycles. The van der Waals surface area contributed by atoms with Crippen molar-refractivity contribution >= 4 is 40.7 Å². The summed E-state index contributed by atoms with van der Waals surface area (Å²) < 4.78 is 25.2. The molecule has 7 rings (SSSR count). The third-order valence-corrected chi connectivity index (χ3v) is 9.17. The maximum atomic E-state index is 14.8. The molecule has 2 heterocycles. The lowest BCUT2D eigenvalue weighted by molar-refractivity contribution is 0.0665. The summed E-state index contributed by atoms with van der Waals surface area (Å²) in [7, 11) is 3.02. The van der Waals surface area contributed by atoms with Crippen LogP contribution in [-0.2, 0) is 0 Å². The number of halogens is 2. The Morgan fingerprint density at radius 2 is 1.58 bits per heavy atom. The Labute approximate surface area is 252 Å². The number of fused-ring (bicyclic) bond motifs is 5. The van der Waals surface area contributed by atoms with Gasteiger partial charge in [-0.15, -0.1) is 0 Å². The van der Waals surface area contributed by atoms with Crippen molar-refractivity contribution < 1.29 is 28.2 Å². The van der Waals surface area contributed by atoms with Crippen LogP contribution in [0, 0.1) is 11.2 Å². The van der Waals surface area contributed by atoms with Gasteiger partial charge in [0.2, 0.25) is 0 Å². The molecule has 1 fully saturated rings. The van der Waals surface area contributed by atoms with Crippen LogP contribution in [0.3, 0.4) is 0 Å². The van der Waals surface area contributed by atoms with Gasteiger partial charge in [0.05, 0.1) is 20.3 Å². The topological polar surface area (TPSA) is 72.9 Å². The monoisotopic (exact) mass is 593 g/mol. The maximum absolute atomic E-state index is 14.8. The lowest BCUT2D eigenvalue weighted by Crippen LogP contribution is -2.48. The predicted molar refractivity (Wildman–Crippen MR) is 161 cm³/mol. The van der Waals surface area contributed by atoms with E-state index < -0.39 is 29.2 Å². The van der Waals surface area contributed by atoms with Crippen LogP contribution in [0.2, 0.25) is 5.02 Å². The summed E-state index contributed by atoms with van der Waals surface area (Å²) in [6, 6.07) is 20.7. The number of benzene rings is 4. The summed E-state index contributed by atoms with van der Waals surface area (Å²) in [5.41, 5.74) is 1.08. The SMILES string of the molecule is COc1ccc([C@@H]2[C@H](C(=O)c3ccc(F)cc3)N3c4ccc(Cl)cc4C=C[C@H]3C23C(=O)c2ccccc2C3=O)c(OC)c1. The van der Waals surface area contributed by atoms with E-state index in [-0.39, 0.29) is 22.9 Å². The van der Waals surface area contributed by atoms with E-state index in [9.17, 15) is 18.8 Å². The fourth-order valence-electron chi connectivity index (χ4n) is 7.15. The molecule has 8 heteroatoms. The number of anilines is 1. The average Bonchev–Trinajstić information content (AvgIpc) is 3.46. The van der Waals surface area contributed by atoms with Crippen molar-refractivity contribution in [1.82, 2.24) is 0 Å². The van der Waals surface area contributed by atoms with Gasteiger partial charge in [0, 0.05) is 44.9 Å². The second-order valence-corrected chi connectivity index (χ2v) is 11.3. The summed E-state index contributed by atoms with van der Waals surface area (Å²) in [5, 5.41) is 0.506. The quantitative estimate of drug-likeness (QED) is 0.187. The van der Waals surface area contributed by atoms with E-state index >= 15 is 0 Å². The van der Waals surface area contributed by atoms with Gasteiger partial charge in [0.25, 0.3) is 0 Å². The highest BCUT2D eigenvalue weighted by molar-refractivity contribution is 6.33. The highest BCUT2D eigenvalue weighted by atomic mass is 35.5. The number of carbonyl (C=O) groups excluding carboxylic acids is 3. The van der Waals surface area contributed by atoms with Gasteiger partial charge in [0.15, 0.2) is 17.3 Å². The van der Waals surface area contributed by atoms with E-state index in [1.807, 2.05) is 17.1 Å². The Morgan fingerprint density at radius 3 is 2.23 bits per heavy atom. The van der Waals surface area contributed by atoms with Crippen LogP contribution in [0.15, 0.2) is 91.0 Å². The molecule has 6 nitrogen and oxygen atoms in total. The van der Waals surface area contributed by atoms with Crippen molar-refractivity contribution in [3.63, 3.8) is 0 Å². The van der Waals surface area contributed by atoms with E-state index in [4.69, 9.17) is 21.1 Å². The molecule has 1 spiro atoms. The molecule has 0 saturated carbocycles. The zero-order valence-corrected chi connectivity index (χ0v) is 24.0. The molecule has 0 radical (unpaired) electrons. The summed E-state index contributed by atoms with van der Waals surface area (Å²) in [6.45, 7) is 0. The Morgan fingerprint density at radius 1 is 0.884 bits per heavy atom. The van der Waals surface area contributed by atoms with Crippen LogP contribution in [-0.4, -0.2) is 43.7 Å². The Bertz CT molecular complexity index is 1830. The highest BCUT2D eigenvalue weighted by Gasteiger charge is 2.72. The van der Waals surface area contributed by atoms with Gasteiger partial charge in [-0.3, -0.25) is 14.4 Å². The fraction of sp³-hybridized carbons (Fsp3) is 0.171. The molecule has 0 unspecified atom stereocenters. The number of hydrogen-bond donors (Lipinski definition) is 0. The highest BCUT2D eigenvalue weighted by Crippen LogP contribution is 2.62. The van der Waals surface area contributed by atoms with E-state index in [1.54, 1.807) is 60.7 Å². The molecule has 1 aliphatic carbocycles. The first-order valence-electron chi connectivity index (χ1n) is 13.8. The van der Waals surface area contributed by atoms with Crippen LogP contribution in [0.1, 0.15) is 48.1 Å². The molecule has 2 aliphatic heterocycles. The Hall–Kier alpha value is -4.75. The van der Waals surface area contributed by atoms with Gasteiger partial charge >= 0.3 is 0 Å². The summed E-state index contributed by atoms with van der Waals surface area (Å²) in [6.07, 6.45) is 3.67. The summed E-state index contributed by atoms with van der Waals surface area (Å²) in [5.74, 6) is -1.67. The first-order chi connectivity index (χ1) is 20.8. The first-order valence-corrected chi connectivity index (χ1v) is 14.2. The van der Waals surface area contributed by atoms with Gasteiger partial charge in [-0.2, -0.15) is 0 Å². The summed E-state index contributed by atoms with van der Waals surface area (Å²) in [4.78, 5) is 46.1. The molecule has 214 valence electrons. The van der Waals surface area contributed by atoms with Crippen LogP contribution in [0.25, 0.3) is 6.08 Å². The number of Topliss-reactive ketones (excluding diaryl/α,β-unsaturated/α-hetero) is 3. The molecular formula is C35H25ClFNO5. The van der Waals surface area contributed by atoms with Crippen molar-refractivity contribution in [2.75, 3.05) is 19.1 Å². The molecule has 1 saturated heterocycles. The largest absolute Gasteiger partial charge is 0.497 e. The van der Waals surface area contributed by atoms with E-state index in [1.165, 1.54) is 38.5 Å². The smallest absolute Gasteiger partial charge is 0.185 e. The van der Waals surface area contributed by atoms with Gasteiger partial charge in [0.1, 0.15) is 28.8 Å². The zero-order valence-electron chi connectivity index (χ0n) is 23.2. The number of rotatable bonds is 5. The minimum absolute atomic E-state index is 0.250. The van der Waals surface area contributed by atoms with Crippen molar-refractivity contribution in [2.24, 2.45) is 5.41 Å². The fourth-order valence-corrected chi connectivity index (χ4v) is 7.33. The van der Waals surface area contributed by atoms with E-state index in [2.05, 4.69) is 0 Å². The minimum atomic E-state index is -1.71. The van der Waals surface area contributed by atoms with Gasteiger partial charge in [-0.1, -0.05) is 54.1 Å². The Balaban J connectivity index is 1.57. The maximum Gasteiger partial charge on any atom is 0.185 e. The third kappa shape index (κ3) is 3.74. The van der Waals surface area contributed by atoms with E-state index in [0.717, 1.165) is 5.56 Å². The normalized spacial score (nSPS) is 21.0. The number of nitrogens with zero attached hydrogens (tertiary/aromatic N) is 1. The molecule has 0 amide bonds. The van der Waals surface area contributed by atoms with Gasteiger partial charge < -0.3 is 14.4 Å². The van der Waals surface area contributed by atoms with E-state index in [0.29, 0.717) is 38.9 Å². The number of hydrogen-bond acceptors (Lipinski definition) is 6. The molecule has 4 aromatic rings. The molecule has 3 aliphatic rings. The van der Waals surface area contributed by atoms with Gasteiger partial charge in [-0.05, 0) is 54.1 Å². The lowest BCUT2D eigenvalue weighted by Gasteiger charge is -2.37. The third-order valence-electron chi connectivity index (χ3n) is 8.94. The van der Waals surface area contributed by atoms with Crippen molar-refractivity contribution in [1.29, 1.82) is 0 Å². The Kier molecular flexibility index (Phi) is 6.25. The van der Waals surface area contributed by atoms with Crippen LogP contribution in [0.5, 0.6) is 11.5 Å². The molecule has 4 aromatic carbocycles. The number of methoxy groups -OCH3 is 2. The standard InChI is InChI=1S/C35H25ClFNO5/c1-42-23-13-14-26(28(18-23)43-2)30-31(32(39)19-7-11-22(37)12-8-19)38-27-15-10-21(36)17-20(27)9-16-29(38)35(30)33(40)24-5-3-4-6-25(24)34(35)41/h3-18,29-31H,1-2H3/t29-,30+,31+/m0/s1. The number of ketones is 3. The second-order valence-electron chi connectivity index (χ2n) is 10.9. The van der Waals surface area contributed by atoms with Crippen molar-refractivity contribution in [3.05, 3.63) is 130 Å². The van der Waals surface area contributed by atoms with Crippen molar-refractivity contribution in [2.45, 2.75) is 18.0 Å². The predicted octanol–water partition coefficient (Wildman–Crippen LogP) is 6.81. The number of ether oxygens (including phenoxy) is 2.